The van der Waals surface area contributed by atoms with Crippen molar-refractivity contribution in [3.63, 3.8) is 0 Å². The van der Waals surface area contributed by atoms with Crippen molar-refractivity contribution in [1.29, 1.82) is 0 Å². The van der Waals surface area contributed by atoms with Gasteiger partial charge in [-0.2, -0.15) is 12.6 Å². The van der Waals surface area contributed by atoms with Gasteiger partial charge in [0.05, 0.1) is 12.0 Å². The van der Waals surface area contributed by atoms with Gasteiger partial charge in [0.2, 0.25) is 5.91 Å². The number of rotatable bonds is 11. The van der Waals surface area contributed by atoms with Crippen molar-refractivity contribution in [2.45, 2.75) is 43.2 Å². The van der Waals surface area contributed by atoms with Crippen molar-refractivity contribution in [1.82, 2.24) is 5.32 Å². The molecule has 0 aromatic heterocycles. The summed E-state index contributed by atoms with van der Waals surface area (Å²) >= 11 is 6.12. The smallest absolute Gasteiger partial charge is 0.221 e. The minimum Gasteiger partial charge on any atom is -0.494 e. The van der Waals surface area contributed by atoms with E-state index in [0.29, 0.717) is 19.4 Å². The molecule has 1 rings (SSSR count). The standard InChI is InChI=1S/C17H27NO3S2/c1-3-21-14-8-6-13(7-9-14)11-15(22)12-16(20)18-17(23-2)5-4-10-19/h6-9,15,17,19,22H,3-5,10-12H2,1-2H3,(H,18,20). The first-order valence-corrected chi connectivity index (χ1v) is 9.72. The maximum atomic E-state index is 12.1. The van der Waals surface area contributed by atoms with E-state index in [1.807, 2.05) is 37.4 Å². The topological polar surface area (TPSA) is 58.6 Å². The third kappa shape index (κ3) is 8.53. The van der Waals surface area contributed by atoms with Gasteiger partial charge < -0.3 is 15.2 Å². The first-order chi connectivity index (χ1) is 11.1. The van der Waals surface area contributed by atoms with E-state index >= 15 is 0 Å². The van der Waals surface area contributed by atoms with E-state index in [9.17, 15) is 4.79 Å². The Labute approximate surface area is 148 Å². The molecule has 0 aliphatic rings. The van der Waals surface area contributed by atoms with Gasteiger partial charge in [0.15, 0.2) is 0 Å². The van der Waals surface area contributed by atoms with Crippen LogP contribution in [0.1, 0.15) is 31.7 Å². The second kappa shape index (κ2) is 11.6. The maximum absolute atomic E-state index is 12.1. The molecular formula is C17H27NO3S2. The Morgan fingerprint density at radius 2 is 2.09 bits per heavy atom. The number of carbonyl (C=O) groups is 1. The number of hydrogen-bond donors (Lipinski definition) is 3. The maximum Gasteiger partial charge on any atom is 0.221 e. The van der Waals surface area contributed by atoms with Crippen LogP contribution < -0.4 is 10.1 Å². The lowest BCUT2D eigenvalue weighted by Gasteiger charge is -2.17. The normalized spacial score (nSPS) is 13.4. The monoisotopic (exact) mass is 357 g/mol. The van der Waals surface area contributed by atoms with Crippen molar-refractivity contribution in [3.8, 4) is 5.75 Å². The van der Waals surface area contributed by atoms with Crippen molar-refractivity contribution in [2.75, 3.05) is 19.5 Å². The van der Waals surface area contributed by atoms with Gasteiger partial charge in [0, 0.05) is 18.3 Å². The van der Waals surface area contributed by atoms with Crippen LogP contribution in [-0.4, -0.2) is 41.1 Å². The van der Waals surface area contributed by atoms with Gasteiger partial charge in [0.1, 0.15) is 5.75 Å². The highest BCUT2D eigenvalue weighted by molar-refractivity contribution is 7.99. The zero-order valence-corrected chi connectivity index (χ0v) is 15.5. The van der Waals surface area contributed by atoms with Crippen LogP contribution in [-0.2, 0) is 11.2 Å². The number of aliphatic hydroxyl groups excluding tert-OH is 1. The Hall–Kier alpha value is -0.850. The predicted molar refractivity (Wildman–Crippen MR) is 100 cm³/mol. The van der Waals surface area contributed by atoms with Gasteiger partial charge in [0.25, 0.3) is 0 Å². The van der Waals surface area contributed by atoms with E-state index in [1.165, 1.54) is 0 Å². The fourth-order valence-electron chi connectivity index (χ4n) is 2.21. The van der Waals surface area contributed by atoms with Crippen molar-refractivity contribution in [2.24, 2.45) is 0 Å². The highest BCUT2D eigenvalue weighted by Crippen LogP contribution is 2.17. The largest absolute Gasteiger partial charge is 0.494 e. The lowest BCUT2D eigenvalue weighted by molar-refractivity contribution is -0.121. The van der Waals surface area contributed by atoms with Crippen molar-refractivity contribution in [3.05, 3.63) is 29.8 Å². The summed E-state index contributed by atoms with van der Waals surface area (Å²) in [5, 5.41) is 11.9. The predicted octanol–water partition coefficient (Wildman–Crippen LogP) is 2.89. The Kier molecular flexibility index (Phi) is 10.2. The average molecular weight is 358 g/mol. The molecule has 1 aromatic rings. The summed E-state index contributed by atoms with van der Waals surface area (Å²) in [6, 6.07) is 7.91. The highest BCUT2D eigenvalue weighted by Gasteiger charge is 2.14. The molecule has 0 radical (unpaired) electrons. The SMILES string of the molecule is CCOc1ccc(CC(S)CC(=O)NC(CCCO)SC)cc1. The molecule has 0 spiro atoms. The molecule has 0 aliphatic heterocycles. The number of nitrogens with one attached hydrogen (secondary N) is 1. The highest BCUT2D eigenvalue weighted by atomic mass is 32.2. The second-order valence-electron chi connectivity index (χ2n) is 5.30. The molecule has 4 nitrogen and oxygen atoms in total. The first-order valence-electron chi connectivity index (χ1n) is 7.91. The van der Waals surface area contributed by atoms with E-state index in [-0.39, 0.29) is 23.1 Å². The van der Waals surface area contributed by atoms with Crippen LogP contribution in [0.25, 0.3) is 0 Å². The number of benzene rings is 1. The fourth-order valence-corrected chi connectivity index (χ4v) is 3.24. The van der Waals surface area contributed by atoms with Gasteiger partial charge in [-0.1, -0.05) is 12.1 Å². The summed E-state index contributed by atoms with van der Waals surface area (Å²) in [6.45, 7) is 2.76. The molecule has 0 aliphatic carbocycles. The molecule has 2 atom stereocenters. The zero-order valence-electron chi connectivity index (χ0n) is 13.8. The van der Waals surface area contributed by atoms with Crippen LogP contribution in [0.3, 0.4) is 0 Å². The lowest BCUT2D eigenvalue weighted by atomic mass is 10.1. The summed E-state index contributed by atoms with van der Waals surface area (Å²) in [7, 11) is 0. The minimum absolute atomic E-state index is 0.00762. The van der Waals surface area contributed by atoms with E-state index in [0.717, 1.165) is 24.2 Å². The molecule has 0 heterocycles. The number of ether oxygens (including phenoxy) is 1. The van der Waals surface area contributed by atoms with Crippen LogP contribution in [0.15, 0.2) is 24.3 Å². The number of thioether (sulfide) groups is 1. The minimum atomic E-state index is -0.0201. The molecule has 0 saturated carbocycles. The fraction of sp³-hybridized carbons (Fsp3) is 0.588. The average Bonchev–Trinajstić information content (AvgIpc) is 2.53. The molecule has 2 unspecified atom stereocenters. The molecule has 1 amide bonds. The quantitative estimate of drug-likeness (QED) is 0.421. The van der Waals surface area contributed by atoms with Crippen LogP contribution in [0.5, 0.6) is 5.75 Å². The van der Waals surface area contributed by atoms with Gasteiger partial charge in [-0.15, -0.1) is 11.8 Å². The van der Waals surface area contributed by atoms with Gasteiger partial charge in [-0.05, 0) is 50.1 Å². The summed E-state index contributed by atoms with van der Waals surface area (Å²) in [5.74, 6) is 0.865. The Morgan fingerprint density at radius 3 is 2.65 bits per heavy atom. The third-order valence-electron chi connectivity index (χ3n) is 3.36. The summed E-state index contributed by atoms with van der Waals surface area (Å²) in [4.78, 5) is 12.1. The molecule has 23 heavy (non-hydrogen) atoms. The molecule has 0 saturated heterocycles. The Balaban J connectivity index is 2.39. The summed E-state index contributed by atoms with van der Waals surface area (Å²) in [5.41, 5.74) is 1.14. The van der Waals surface area contributed by atoms with Crippen LogP contribution >= 0.6 is 24.4 Å². The first kappa shape index (κ1) is 20.2. The molecule has 130 valence electrons. The van der Waals surface area contributed by atoms with E-state index in [4.69, 9.17) is 9.84 Å². The molecule has 1 aromatic carbocycles. The van der Waals surface area contributed by atoms with Crippen LogP contribution in [0.4, 0.5) is 0 Å². The van der Waals surface area contributed by atoms with Gasteiger partial charge >= 0.3 is 0 Å². The van der Waals surface area contributed by atoms with Gasteiger partial charge in [-0.25, -0.2) is 0 Å². The number of aliphatic hydroxyl groups is 1. The molecule has 0 bridgehead atoms. The van der Waals surface area contributed by atoms with Crippen molar-refractivity contribution < 1.29 is 14.6 Å². The van der Waals surface area contributed by atoms with E-state index in [1.54, 1.807) is 11.8 Å². The van der Waals surface area contributed by atoms with E-state index < -0.39 is 0 Å². The molecule has 6 heteroatoms. The number of hydrogen-bond acceptors (Lipinski definition) is 5. The Bertz CT molecular complexity index is 454. The number of amides is 1. The molecular weight excluding hydrogens is 330 g/mol. The van der Waals surface area contributed by atoms with Crippen LogP contribution in [0, 0.1) is 0 Å². The van der Waals surface area contributed by atoms with E-state index in [2.05, 4.69) is 17.9 Å². The summed E-state index contributed by atoms with van der Waals surface area (Å²) in [6.07, 6.45) is 4.55. The Morgan fingerprint density at radius 1 is 1.39 bits per heavy atom. The number of thiol groups is 1. The second-order valence-corrected chi connectivity index (χ2v) is 7.07. The number of carbonyl (C=O) groups excluding carboxylic acids is 1. The molecule has 2 N–H and O–H groups in total. The zero-order chi connectivity index (χ0) is 17.1. The van der Waals surface area contributed by atoms with Crippen LogP contribution in [0.2, 0.25) is 0 Å². The van der Waals surface area contributed by atoms with Gasteiger partial charge in [-0.3, -0.25) is 4.79 Å². The lowest BCUT2D eigenvalue weighted by Crippen LogP contribution is -2.34. The van der Waals surface area contributed by atoms with Crippen molar-refractivity contribution >= 4 is 30.3 Å². The third-order valence-corrected chi connectivity index (χ3v) is 4.65. The summed E-state index contributed by atoms with van der Waals surface area (Å²) < 4.78 is 5.42. The molecule has 0 fully saturated rings.